The SMILES string of the molecule is COc1ccc(NC(=S)N[C@@H](NC(=O)/C=C\c2ccccc2)C(Cl)(Cl)Cl)cc1. The van der Waals surface area contributed by atoms with E-state index in [0.29, 0.717) is 11.4 Å². The molecule has 0 spiro atoms. The summed E-state index contributed by atoms with van der Waals surface area (Å²) >= 11 is 23.2. The number of halogens is 3. The molecule has 0 aromatic heterocycles. The number of rotatable bonds is 6. The van der Waals surface area contributed by atoms with Crippen LogP contribution in [0.2, 0.25) is 0 Å². The molecule has 0 aliphatic heterocycles. The zero-order chi connectivity index (χ0) is 20.6. The molecule has 1 atom stereocenters. The van der Waals surface area contributed by atoms with Crippen molar-refractivity contribution < 1.29 is 9.53 Å². The van der Waals surface area contributed by atoms with E-state index in [1.807, 2.05) is 30.3 Å². The predicted octanol–water partition coefficient (Wildman–Crippen LogP) is 4.51. The van der Waals surface area contributed by atoms with Crippen LogP contribution in [0.4, 0.5) is 5.69 Å². The summed E-state index contributed by atoms with van der Waals surface area (Å²) in [4.78, 5) is 12.2. The van der Waals surface area contributed by atoms with Crippen LogP contribution in [0, 0.1) is 0 Å². The number of hydrogen-bond donors (Lipinski definition) is 3. The van der Waals surface area contributed by atoms with Crippen LogP contribution in [0.3, 0.4) is 0 Å². The maximum Gasteiger partial charge on any atom is 0.245 e. The van der Waals surface area contributed by atoms with Crippen molar-refractivity contribution in [3.05, 3.63) is 66.2 Å². The molecular formula is C19H18Cl3N3O2S. The molecule has 0 aliphatic carbocycles. The Morgan fingerprint density at radius 1 is 1.07 bits per heavy atom. The first-order chi connectivity index (χ1) is 13.3. The van der Waals surface area contributed by atoms with Crippen molar-refractivity contribution in [2.75, 3.05) is 12.4 Å². The Morgan fingerprint density at radius 2 is 1.71 bits per heavy atom. The topological polar surface area (TPSA) is 62.4 Å². The zero-order valence-electron chi connectivity index (χ0n) is 14.8. The second-order valence-corrected chi connectivity index (χ2v) is 8.33. The lowest BCUT2D eigenvalue weighted by atomic mass is 10.2. The van der Waals surface area contributed by atoms with Gasteiger partial charge in [-0.1, -0.05) is 65.1 Å². The Kier molecular flexibility index (Phi) is 8.38. The van der Waals surface area contributed by atoms with Gasteiger partial charge >= 0.3 is 0 Å². The van der Waals surface area contributed by atoms with Crippen molar-refractivity contribution in [1.82, 2.24) is 10.6 Å². The standard InChI is InChI=1S/C19H18Cl3N3O2S/c1-27-15-10-8-14(9-11-15)23-18(28)25-17(19(20,21)22)24-16(26)12-7-13-5-3-2-4-6-13/h2-12,17H,1H3,(H,24,26)(H2,23,25,28)/b12-7-/t17-/m1/s1. The van der Waals surface area contributed by atoms with Crippen molar-refractivity contribution in [3.8, 4) is 5.75 Å². The van der Waals surface area contributed by atoms with Crippen LogP contribution in [0.1, 0.15) is 5.56 Å². The van der Waals surface area contributed by atoms with Crippen LogP contribution in [0.25, 0.3) is 6.08 Å². The number of hydrogen-bond acceptors (Lipinski definition) is 3. The predicted molar refractivity (Wildman–Crippen MR) is 120 cm³/mol. The molecule has 1 amide bonds. The minimum absolute atomic E-state index is 0.175. The van der Waals surface area contributed by atoms with E-state index >= 15 is 0 Å². The van der Waals surface area contributed by atoms with E-state index in [2.05, 4.69) is 16.0 Å². The Morgan fingerprint density at radius 3 is 2.29 bits per heavy atom. The number of alkyl halides is 3. The average Bonchev–Trinajstić information content (AvgIpc) is 2.66. The van der Waals surface area contributed by atoms with Crippen molar-refractivity contribution in [3.63, 3.8) is 0 Å². The summed E-state index contributed by atoms with van der Waals surface area (Å²) in [7, 11) is 1.58. The molecule has 0 radical (unpaired) electrons. The van der Waals surface area contributed by atoms with Crippen molar-refractivity contribution in [2.45, 2.75) is 9.96 Å². The highest BCUT2D eigenvalue weighted by molar-refractivity contribution is 7.80. The Hall–Kier alpha value is -1.99. The summed E-state index contributed by atoms with van der Waals surface area (Å²) < 4.78 is 3.27. The summed E-state index contributed by atoms with van der Waals surface area (Å²) in [5.41, 5.74) is 1.57. The van der Waals surface area contributed by atoms with Crippen LogP contribution in [-0.2, 0) is 4.79 Å². The van der Waals surface area contributed by atoms with Crippen molar-refractivity contribution in [2.24, 2.45) is 0 Å². The van der Waals surface area contributed by atoms with Gasteiger partial charge in [0.2, 0.25) is 9.70 Å². The lowest BCUT2D eigenvalue weighted by Crippen LogP contribution is -2.55. The van der Waals surface area contributed by atoms with Gasteiger partial charge in [0.1, 0.15) is 11.9 Å². The van der Waals surface area contributed by atoms with E-state index in [1.54, 1.807) is 37.5 Å². The third-order valence-corrected chi connectivity index (χ3v) is 4.34. The fourth-order valence-electron chi connectivity index (χ4n) is 2.10. The number of carbonyl (C=O) groups excluding carboxylic acids is 1. The molecule has 0 saturated carbocycles. The molecule has 148 valence electrons. The summed E-state index contributed by atoms with van der Waals surface area (Å²) in [5, 5.41) is 8.49. The molecule has 28 heavy (non-hydrogen) atoms. The summed E-state index contributed by atoms with van der Waals surface area (Å²) in [6.07, 6.45) is 1.95. The van der Waals surface area contributed by atoms with Gasteiger partial charge in [-0.25, -0.2) is 0 Å². The maximum absolute atomic E-state index is 12.2. The number of nitrogens with one attached hydrogen (secondary N) is 3. The fourth-order valence-corrected chi connectivity index (χ4v) is 2.66. The molecule has 9 heteroatoms. The quantitative estimate of drug-likeness (QED) is 0.257. The monoisotopic (exact) mass is 457 g/mol. The number of ether oxygens (including phenoxy) is 1. The summed E-state index contributed by atoms with van der Waals surface area (Å²) in [6.45, 7) is 0. The molecule has 3 N–H and O–H groups in total. The minimum Gasteiger partial charge on any atom is -0.497 e. The Labute approximate surface area is 184 Å². The normalized spacial score (nSPS) is 12.3. The molecule has 0 unspecified atom stereocenters. The second-order valence-electron chi connectivity index (χ2n) is 5.55. The Balaban J connectivity index is 1.97. The smallest absolute Gasteiger partial charge is 0.245 e. The van der Waals surface area contributed by atoms with Crippen LogP contribution in [0.15, 0.2) is 60.7 Å². The van der Waals surface area contributed by atoms with Gasteiger partial charge in [-0.3, -0.25) is 4.79 Å². The zero-order valence-corrected chi connectivity index (χ0v) is 17.9. The van der Waals surface area contributed by atoms with E-state index in [9.17, 15) is 4.79 Å². The van der Waals surface area contributed by atoms with Crippen LogP contribution >= 0.6 is 47.0 Å². The molecule has 0 heterocycles. The largest absolute Gasteiger partial charge is 0.497 e. The first-order valence-electron chi connectivity index (χ1n) is 8.10. The third-order valence-electron chi connectivity index (χ3n) is 3.46. The van der Waals surface area contributed by atoms with Gasteiger partial charge in [0.15, 0.2) is 5.11 Å². The van der Waals surface area contributed by atoms with Gasteiger partial charge in [0.05, 0.1) is 7.11 Å². The minimum atomic E-state index is -1.83. The van der Waals surface area contributed by atoms with Crippen molar-refractivity contribution >= 4 is 69.8 Å². The summed E-state index contributed by atoms with van der Waals surface area (Å²) in [6, 6.07) is 16.4. The number of thiocarbonyl (C=S) groups is 1. The molecule has 0 bridgehead atoms. The average molecular weight is 459 g/mol. The molecular weight excluding hydrogens is 441 g/mol. The highest BCUT2D eigenvalue weighted by atomic mass is 35.6. The molecule has 2 aromatic rings. The lowest BCUT2D eigenvalue weighted by molar-refractivity contribution is -0.117. The van der Waals surface area contributed by atoms with E-state index in [1.165, 1.54) is 6.08 Å². The van der Waals surface area contributed by atoms with E-state index in [0.717, 1.165) is 5.56 Å². The fraction of sp³-hybridized carbons (Fsp3) is 0.158. The number of amides is 1. The van der Waals surface area contributed by atoms with Gasteiger partial charge in [-0.15, -0.1) is 0 Å². The summed E-state index contributed by atoms with van der Waals surface area (Å²) in [5.74, 6) is 0.265. The van der Waals surface area contributed by atoms with Gasteiger partial charge in [0.25, 0.3) is 0 Å². The van der Waals surface area contributed by atoms with Crippen LogP contribution in [0.5, 0.6) is 5.75 Å². The van der Waals surface area contributed by atoms with Gasteiger partial charge in [-0.05, 0) is 48.1 Å². The number of anilines is 1. The van der Waals surface area contributed by atoms with Gasteiger partial charge in [-0.2, -0.15) is 0 Å². The second kappa shape index (κ2) is 10.5. The van der Waals surface area contributed by atoms with E-state index in [-0.39, 0.29) is 5.11 Å². The lowest BCUT2D eigenvalue weighted by Gasteiger charge is -2.27. The number of benzene rings is 2. The van der Waals surface area contributed by atoms with Gasteiger partial charge in [0, 0.05) is 11.8 Å². The highest BCUT2D eigenvalue weighted by Gasteiger charge is 2.34. The third kappa shape index (κ3) is 7.56. The van der Waals surface area contributed by atoms with Crippen LogP contribution in [-0.4, -0.2) is 28.1 Å². The molecule has 0 saturated heterocycles. The highest BCUT2D eigenvalue weighted by Crippen LogP contribution is 2.29. The first kappa shape index (κ1) is 22.3. The molecule has 2 aromatic carbocycles. The molecule has 0 fully saturated rings. The van der Waals surface area contributed by atoms with Gasteiger partial charge < -0.3 is 20.7 Å². The first-order valence-corrected chi connectivity index (χ1v) is 9.64. The van der Waals surface area contributed by atoms with E-state index in [4.69, 9.17) is 51.8 Å². The maximum atomic E-state index is 12.2. The molecule has 2 rings (SSSR count). The number of carbonyl (C=O) groups is 1. The van der Waals surface area contributed by atoms with E-state index < -0.39 is 15.9 Å². The molecule has 5 nitrogen and oxygen atoms in total. The number of methoxy groups -OCH3 is 1. The van der Waals surface area contributed by atoms with Crippen LogP contribution < -0.4 is 20.7 Å². The van der Waals surface area contributed by atoms with Crippen molar-refractivity contribution in [1.29, 1.82) is 0 Å². The Bertz CT molecular complexity index is 825. The molecule has 0 aliphatic rings.